The molecule has 3 rings (SSSR count). The van der Waals surface area contributed by atoms with Gasteiger partial charge in [0.25, 0.3) is 0 Å². The highest BCUT2D eigenvalue weighted by molar-refractivity contribution is 6.15. The zero-order valence-electron chi connectivity index (χ0n) is 19.6. The van der Waals surface area contributed by atoms with E-state index in [0.29, 0.717) is 22.6 Å². The number of Topliss-reactive ketones (excluding diaryl/α,β-unsaturated/α-hetero) is 2. The van der Waals surface area contributed by atoms with Crippen molar-refractivity contribution in [1.82, 2.24) is 0 Å². The van der Waals surface area contributed by atoms with Crippen LogP contribution in [0.4, 0.5) is 18.9 Å². The third-order valence-corrected chi connectivity index (χ3v) is 5.48. The second-order valence-corrected chi connectivity index (χ2v) is 7.89. The number of halogens is 3. The number of amides is 1. The van der Waals surface area contributed by atoms with Gasteiger partial charge in [0, 0.05) is 24.1 Å². The zero-order valence-corrected chi connectivity index (χ0v) is 19.6. The van der Waals surface area contributed by atoms with Gasteiger partial charge in [-0.3, -0.25) is 14.4 Å². The van der Waals surface area contributed by atoms with E-state index in [4.69, 9.17) is 9.47 Å². The number of carbonyl (C=O) groups excluding carboxylic acids is 3. The number of ketones is 2. The lowest BCUT2D eigenvalue weighted by Crippen LogP contribution is -2.24. The monoisotopic (exact) mass is 499 g/mol. The summed E-state index contributed by atoms with van der Waals surface area (Å²) in [6.45, 7) is 0. The van der Waals surface area contributed by atoms with Crippen molar-refractivity contribution in [2.45, 2.75) is 24.9 Å². The second kappa shape index (κ2) is 11.5. The standard InChI is InChI=1S/C27H24F3NO5/c1-35-21-10-6-17(7-11-21)25(26(34)18-8-12-22(36-2)13-9-18)23(32)14-15-24(33)31-20-5-3-4-19(16-20)27(28,29)30/h3-13,16,25H,14-15H2,1-2H3,(H,31,33)/t25-/m0/s1. The van der Waals surface area contributed by atoms with Crippen LogP contribution in [0.2, 0.25) is 0 Å². The predicted octanol–water partition coefficient (Wildman–Crippen LogP) is 5.68. The number of carbonyl (C=O) groups is 3. The van der Waals surface area contributed by atoms with Crippen molar-refractivity contribution >= 4 is 23.2 Å². The molecule has 0 fully saturated rings. The lowest BCUT2D eigenvalue weighted by atomic mass is 9.85. The summed E-state index contributed by atoms with van der Waals surface area (Å²) in [6, 6.07) is 17.0. The molecule has 0 aliphatic heterocycles. The Morgan fingerprint density at radius 1 is 0.833 bits per heavy atom. The number of ether oxygens (including phenoxy) is 2. The Hall–Kier alpha value is -4.14. The van der Waals surface area contributed by atoms with Crippen molar-refractivity contribution in [1.29, 1.82) is 0 Å². The molecule has 0 saturated heterocycles. The van der Waals surface area contributed by atoms with Gasteiger partial charge in [-0.2, -0.15) is 13.2 Å². The summed E-state index contributed by atoms with van der Waals surface area (Å²) in [5.41, 5.74) is -0.220. The van der Waals surface area contributed by atoms with Crippen molar-refractivity contribution in [3.05, 3.63) is 89.5 Å². The molecule has 0 radical (unpaired) electrons. The molecule has 0 saturated carbocycles. The first-order valence-corrected chi connectivity index (χ1v) is 10.9. The van der Waals surface area contributed by atoms with Crippen LogP contribution in [0.3, 0.4) is 0 Å². The molecule has 0 unspecified atom stereocenters. The fraction of sp³-hybridized carbons (Fsp3) is 0.222. The van der Waals surface area contributed by atoms with Crippen LogP contribution in [-0.4, -0.2) is 31.7 Å². The Kier molecular flexibility index (Phi) is 8.47. The molecule has 9 heteroatoms. The first-order valence-electron chi connectivity index (χ1n) is 10.9. The molecule has 0 aliphatic carbocycles. The van der Waals surface area contributed by atoms with Crippen molar-refractivity contribution in [2.75, 3.05) is 19.5 Å². The lowest BCUT2D eigenvalue weighted by Gasteiger charge is -2.16. The first kappa shape index (κ1) is 26.5. The molecule has 1 amide bonds. The van der Waals surface area contributed by atoms with Crippen molar-refractivity contribution in [2.24, 2.45) is 0 Å². The normalized spacial score (nSPS) is 11.9. The quantitative estimate of drug-likeness (QED) is 0.287. The number of anilines is 1. The van der Waals surface area contributed by atoms with Crippen LogP contribution in [0.25, 0.3) is 0 Å². The predicted molar refractivity (Wildman–Crippen MR) is 127 cm³/mol. The molecule has 6 nitrogen and oxygen atoms in total. The number of nitrogens with one attached hydrogen (secondary N) is 1. The fourth-order valence-electron chi connectivity index (χ4n) is 3.58. The largest absolute Gasteiger partial charge is 0.497 e. The third-order valence-electron chi connectivity index (χ3n) is 5.48. The maximum Gasteiger partial charge on any atom is 0.416 e. The van der Waals surface area contributed by atoms with Gasteiger partial charge >= 0.3 is 6.18 Å². The van der Waals surface area contributed by atoms with E-state index in [2.05, 4.69) is 5.32 Å². The molecular weight excluding hydrogens is 475 g/mol. The Balaban J connectivity index is 1.76. The molecular formula is C27H24F3NO5. The molecule has 0 heterocycles. The van der Waals surface area contributed by atoms with Gasteiger partial charge in [0.05, 0.1) is 19.8 Å². The van der Waals surface area contributed by atoms with E-state index in [0.717, 1.165) is 12.1 Å². The summed E-state index contributed by atoms with van der Waals surface area (Å²) in [4.78, 5) is 38.9. The second-order valence-electron chi connectivity index (χ2n) is 7.89. The summed E-state index contributed by atoms with van der Waals surface area (Å²) in [7, 11) is 2.98. The fourth-order valence-corrected chi connectivity index (χ4v) is 3.58. The van der Waals surface area contributed by atoms with E-state index < -0.39 is 35.1 Å². The Bertz CT molecular complexity index is 1220. The summed E-state index contributed by atoms with van der Waals surface area (Å²) in [5.74, 6) is -1.68. The molecule has 36 heavy (non-hydrogen) atoms. The van der Waals surface area contributed by atoms with Crippen LogP contribution in [0.5, 0.6) is 11.5 Å². The van der Waals surface area contributed by atoms with Gasteiger partial charge in [0.15, 0.2) is 5.78 Å². The number of benzene rings is 3. The lowest BCUT2D eigenvalue weighted by molar-refractivity contribution is -0.137. The van der Waals surface area contributed by atoms with E-state index in [1.165, 1.54) is 26.4 Å². The minimum absolute atomic E-state index is 0.0386. The van der Waals surface area contributed by atoms with Gasteiger partial charge in [-0.25, -0.2) is 0 Å². The van der Waals surface area contributed by atoms with Crippen LogP contribution < -0.4 is 14.8 Å². The van der Waals surface area contributed by atoms with E-state index in [9.17, 15) is 27.6 Å². The highest BCUT2D eigenvalue weighted by atomic mass is 19.4. The van der Waals surface area contributed by atoms with Crippen LogP contribution in [0.15, 0.2) is 72.8 Å². The van der Waals surface area contributed by atoms with Gasteiger partial charge in [0.1, 0.15) is 23.2 Å². The third kappa shape index (κ3) is 6.71. The van der Waals surface area contributed by atoms with Crippen molar-refractivity contribution in [3.8, 4) is 11.5 Å². The van der Waals surface area contributed by atoms with Crippen molar-refractivity contribution < 1.29 is 37.0 Å². The van der Waals surface area contributed by atoms with Gasteiger partial charge in [0.2, 0.25) is 5.91 Å². The van der Waals surface area contributed by atoms with Crippen LogP contribution in [0.1, 0.15) is 40.2 Å². The Morgan fingerprint density at radius 3 is 1.97 bits per heavy atom. The number of hydrogen-bond donors (Lipinski definition) is 1. The molecule has 1 N–H and O–H groups in total. The SMILES string of the molecule is COc1ccc(C(=O)[C@H](C(=O)CCC(=O)Nc2cccc(C(F)(F)F)c2)c2ccc(OC)cc2)cc1. The van der Waals surface area contributed by atoms with E-state index >= 15 is 0 Å². The van der Waals surface area contributed by atoms with Gasteiger partial charge in [-0.05, 0) is 60.2 Å². The van der Waals surface area contributed by atoms with Gasteiger partial charge in [-0.1, -0.05) is 18.2 Å². The molecule has 0 bridgehead atoms. The first-order chi connectivity index (χ1) is 17.1. The topological polar surface area (TPSA) is 81.7 Å². The minimum atomic E-state index is -4.55. The summed E-state index contributed by atoms with van der Waals surface area (Å²) < 4.78 is 49.0. The van der Waals surface area contributed by atoms with Crippen LogP contribution in [0, 0.1) is 0 Å². The molecule has 3 aromatic carbocycles. The molecule has 188 valence electrons. The highest BCUT2D eigenvalue weighted by Gasteiger charge is 2.31. The van der Waals surface area contributed by atoms with E-state index in [1.54, 1.807) is 48.5 Å². The maximum absolute atomic E-state index is 13.3. The highest BCUT2D eigenvalue weighted by Crippen LogP contribution is 2.31. The Labute approximate surface area is 206 Å². The zero-order chi connectivity index (χ0) is 26.3. The minimum Gasteiger partial charge on any atom is -0.497 e. The number of rotatable bonds is 10. The molecule has 1 atom stereocenters. The molecule has 0 aliphatic rings. The van der Waals surface area contributed by atoms with E-state index in [-0.39, 0.29) is 18.5 Å². The molecule has 3 aromatic rings. The number of hydrogen-bond acceptors (Lipinski definition) is 5. The van der Waals surface area contributed by atoms with Crippen LogP contribution >= 0.6 is 0 Å². The van der Waals surface area contributed by atoms with Crippen LogP contribution in [-0.2, 0) is 15.8 Å². The molecule has 0 spiro atoms. The van der Waals surface area contributed by atoms with Crippen molar-refractivity contribution in [3.63, 3.8) is 0 Å². The van der Waals surface area contributed by atoms with Gasteiger partial charge in [-0.15, -0.1) is 0 Å². The smallest absolute Gasteiger partial charge is 0.416 e. The summed E-state index contributed by atoms with van der Waals surface area (Å²) in [5, 5.41) is 2.37. The summed E-state index contributed by atoms with van der Waals surface area (Å²) in [6.07, 6.45) is -5.15. The number of methoxy groups -OCH3 is 2. The molecule has 0 aromatic heterocycles. The summed E-state index contributed by atoms with van der Waals surface area (Å²) >= 11 is 0. The number of alkyl halides is 3. The Morgan fingerprint density at radius 2 is 1.42 bits per heavy atom. The van der Waals surface area contributed by atoms with Gasteiger partial charge < -0.3 is 14.8 Å². The van der Waals surface area contributed by atoms with E-state index in [1.807, 2.05) is 0 Å². The average Bonchev–Trinajstić information content (AvgIpc) is 2.87. The maximum atomic E-state index is 13.3. The average molecular weight is 499 g/mol.